The van der Waals surface area contributed by atoms with Crippen molar-refractivity contribution in [2.45, 2.75) is 26.4 Å². The molecule has 1 aliphatic heterocycles. The van der Waals surface area contributed by atoms with Crippen LogP contribution in [0, 0.1) is 6.92 Å². The smallest absolute Gasteiger partial charge is 0.164 e. The molecule has 0 radical (unpaired) electrons. The number of rotatable bonds is 1. The second kappa shape index (κ2) is 4.52. The summed E-state index contributed by atoms with van der Waals surface area (Å²) in [4.78, 5) is 0. The molecule has 0 saturated carbocycles. The fourth-order valence-corrected chi connectivity index (χ4v) is 2.36. The molecule has 1 aromatic carbocycles. The van der Waals surface area contributed by atoms with E-state index in [0.29, 0.717) is 35.3 Å². The Kier molecular flexibility index (Phi) is 3.26. The van der Waals surface area contributed by atoms with E-state index >= 15 is 0 Å². The molecular formula is C12H15ClO3. The molecule has 1 unspecified atom stereocenters. The Hall–Kier alpha value is -0.930. The third-order valence-corrected chi connectivity index (χ3v) is 3.01. The Balaban J connectivity index is 2.56. The molecule has 1 atom stereocenters. The summed E-state index contributed by atoms with van der Waals surface area (Å²) >= 11 is 6.12. The molecule has 0 saturated heterocycles. The number of aliphatic hydroxyl groups excluding tert-OH is 1. The molecule has 88 valence electrons. The maximum absolute atomic E-state index is 9.68. The third-order valence-electron chi connectivity index (χ3n) is 2.69. The number of aliphatic hydroxyl groups is 1. The van der Waals surface area contributed by atoms with Gasteiger partial charge in [-0.1, -0.05) is 11.6 Å². The van der Waals surface area contributed by atoms with E-state index in [1.807, 2.05) is 6.92 Å². The summed E-state index contributed by atoms with van der Waals surface area (Å²) in [5.41, 5.74) is 1.57. The molecule has 1 heterocycles. The first-order chi connectivity index (χ1) is 7.61. The van der Waals surface area contributed by atoms with Crippen LogP contribution in [0.2, 0.25) is 5.02 Å². The monoisotopic (exact) mass is 242 g/mol. The number of benzene rings is 1. The van der Waals surface area contributed by atoms with Gasteiger partial charge in [-0.25, -0.2) is 0 Å². The fraction of sp³-hybridized carbons (Fsp3) is 0.500. The molecular weight excluding hydrogens is 228 g/mol. The van der Waals surface area contributed by atoms with E-state index in [0.717, 1.165) is 12.0 Å². The fourth-order valence-electron chi connectivity index (χ4n) is 1.96. The highest BCUT2D eigenvalue weighted by Crippen LogP contribution is 2.41. The van der Waals surface area contributed by atoms with Crippen LogP contribution in [0.25, 0.3) is 0 Å². The lowest BCUT2D eigenvalue weighted by molar-refractivity contribution is 0.197. The molecule has 0 fully saturated rings. The Bertz CT molecular complexity index is 402. The summed E-state index contributed by atoms with van der Waals surface area (Å²) in [5, 5.41) is 10.2. The number of hydrogen-bond acceptors (Lipinski definition) is 3. The average molecular weight is 243 g/mol. The van der Waals surface area contributed by atoms with Gasteiger partial charge < -0.3 is 14.6 Å². The molecule has 16 heavy (non-hydrogen) atoms. The molecule has 0 bridgehead atoms. The molecule has 1 aromatic rings. The summed E-state index contributed by atoms with van der Waals surface area (Å²) in [5.74, 6) is 1.38. The van der Waals surface area contributed by atoms with Gasteiger partial charge in [-0.05, 0) is 13.8 Å². The second-order valence-corrected chi connectivity index (χ2v) is 4.36. The van der Waals surface area contributed by atoms with Crippen LogP contribution in [0.1, 0.15) is 30.6 Å². The minimum Gasteiger partial charge on any atom is -0.489 e. The number of ether oxygens (including phenoxy) is 2. The molecule has 0 aliphatic carbocycles. The van der Waals surface area contributed by atoms with Gasteiger partial charge in [-0.3, -0.25) is 0 Å². The lowest BCUT2D eigenvalue weighted by atomic mass is 10.0. The van der Waals surface area contributed by atoms with Crippen molar-refractivity contribution >= 4 is 11.6 Å². The highest BCUT2D eigenvalue weighted by molar-refractivity contribution is 6.31. The topological polar surface area (TPSA) is 38.7 Å². The molecule has 0 amide bonds. The molecule has 4 heteroatoms. The summed E-state index contributed by atoms with van der Waals surface area (Å²) in [6.45, 7) is 4.85. The van der Waals surface area contributed by atoms with Crippen LogP contribution >= 0.6 is 11.6 Å². The molecule has 1 N–H and O–H groups in total. The summed E-state index contributed by atoms with van der Waals surface area (Å²) in [6, 6.07) is 1.72. The zero-order chi connectivity index (χ0) is 11.7. The van der Waals surface area contributed by atoms with Crippen LogP contribution in [0.3, 0.4) is 0 Å². The van der Waals surface area contributed by atoms with Crippen molar-refractivity contribution in [3.05, 3.63) is 22.2 Å². The predicted molar refractivity (Wildman–Crippen MR) is 62.4 cm³/mol. The van der Waals surface area contributed by atoms with Crippen molar-refractivity contribution in [3.8, 4) is 11.5 Å². The van der Waals surface area contributed by atoms with E-state index in [1.54, 1.807) is 13.0 Å². The molecule has 1 aliphatic rings. The third kappa shape index (κ3) is 1.97. The van der Waals surface area contributed by atoms with Crippen molar-refractivity contribution in [1.82, 2.24) is 0 Å². The van der Waals surface area contributed by atoms with Crippen LogP contribution in [0.4, 0.5) is 0 Å². The number of hydrogen-bond donors (Lipinski definition) is 1. The van der Waals surface area contributed by atoms with E-state index in [2.05, 4.69) is 0 Å². The lowest BCUT2D eigenvalue weighted by Gasteiger charge is -2.17. The van der Waals surface area contributed by atoms with Crippen molar-refractivity contribution in [2.75, 3.05) is 13.2 Å². The van der Waals surface area contributed by atoms with Crippen LogP contribution < -0.4 is 9.47 Å². The maximum atomic E-state index is 9.68. The summed E-state index contributed by atoms with van der Waals surface area (Å²) in [6.07, 6.45) is 0.250. The highest BCUT2D eigenvalue weighted by atomic mass is 35.5. The molecule has 0 aromatic heterocycles. The van der Waals surface area contributed by atoms with Crippen LogP contribution in [-0.2, 0) is 0 Å². The Labute approximate surface area is 99.9 Å². The van der Waals surface area contributed by atoms with Crippen molar-refractivity contribution < 1.29 is 14.6 Å². The molecule has 2 rings (SSSR count). The van der Waals surface area contributed by atoms with E-state index in [1.165, 1.54) is 0 Å². The van der Waals surface area contributed by atoms with E-state index in [-0.39, 0.29) is 0 Å². The van der Waals surface area contributed by atoms with E-state index in [4.69, 9.17) is 21.1 Å². The first kappa shape index (κ1) is 11.6. The normalized spacial score (nSPS) is 16.8. The van der Waals surface area contributed by atoms with Gasteiger partial charge in [0.05, 0.1) is 24.3 Å². The largest absolute Gasteiger partial charge is 0.489 e. The minimum atomic E-state index is -0.607. The van der Waals surface area contributed by atoms with E-state index < -0.39 is 6.10 Å². The first-order valence-corrected chi connectivity index (χ1v) is 5.75. The SMILES string of the molecule is Cc1c2c(cc(Cl)c1C(C)O)OCCCO2. The quantitative estimate of drug-likeness (QED) is 0.823. The number of halogens is 1. The predicted octanol–water partition coefficient (Wildman–Crippen LogP) is 2.86. The van der Waals surface area contributed by atoms with Gasteiger partial charge in [0.15, 0.2) is 11.5 Å². The second-order valence-electron chi connectivity index (χ2n) is 3.95. The molecule has 0 spiro atoms. The van der Waals surface area contributed by atoms with E-state index in [9.17, 15) is 5.11 Å². The average Bonchev–Trinajstić information content (AvgIpc) is 2.42. The Morgan fingerprint density at radius 1 is 1.38 bits per heavy atom. The van der Waals surface area contributed by atoms with Gasteiger partial charge in [0.1, 0.15) is 0 Å². The Morgan fingerprint density at radius 2 is 2.06 bits per heavy atom. The van der Waals surface area contributed by atoms with Gasteiger partial charge in [-0.2, -0.15) is 0 Å². The van der Waals surface area contributed by atoms with Gasteiger partial charge in [0.25, 0.3) is 0 Å². The van der Waals surface area contributed by atoms with Gasteiger partial charge in [0, 0.05) is 23.6 Å². The zero-order valence-electron chi connectivity index (χ0n) is 9.42. The summed E-state index contributed by atoms with van der Waals surface area (Å²) in [7, 11) is 0. The van der Waals surface area contributed by atoms with Crippen LogP contribution in [0.15, 0.2) is 6.07 Å². The van der Waals surface area contributed by atoms with Gasteiger partial charge >= 0.3 is 0 Å². The van der Waals surface area contributed by atoms with Gasteiger partial charge in [-0.15, -0.1) is 0 Å². The van der Waals surface area contributed by atoms with Crippen molar-refractivity contribution in [3.63, 3.8) is 0 Å². The summed E-state index contributed by atoms with van der Waals surface area (Å²) < 4.78 is 11.2. The standard InChI is InChI=1S/C12H15ClO3/c1-7-11(8(2)14)9(13)6-10-12(7)16-5-3-4-15-10/h6,8,14H,3-5H2,1-2H3. The minimum absolute atomic E-state index is 0.525. The van der Waals surface area contributed by atoms with Crippen molar-refractivity contribution in [2.24, 2.45) is 0 Å². The maximum Gasteiger partial charge on any atom is 0.164 e. The highest BCUT2D eigenvalue weighted by Gasteiger charge is 2.20. The first-order valence-electron chi connectivity index (χ1n) is 5.38. The zero-order valence-corrected chi connectivity index (χ0v) is 10.2. The lowest BCUT2D eigenvalue weighted by Crippen LogP contribution is -2.02. The van der Waals surface area contributed by atoms with Crippen LogP contribution in [-0.4, -0.2) is 18.3 Å². The van der Waals surface area contributed by atoms with Gasteiger partial charge in [0.2, 0.25) is 0 Å². The van der Waals surface area contributed by atoms with Crippen LogP contribution in [0.5, 0.6) is 11.5 Å². The number of fused-ring (bicyclic) bond motifs is 1. The Morgan fingerprint density at radius 3 is 2.75 bits per heavy atom. The molecule has 3 nitrogen and oxygen atoms in total. The van der Waals surface area contributed by atoms with Crippen molar-refractivity contribution in [1.29, 1.82) is 0 Å².